The number of hydrogen-bond acceptors (Lipinski definition) is 5. The van der Waals surface area contributed by atoms with Gasteiger partial charge in [0.2, 0.25) is 0 Å². The summed E-state index contributed by atoms with van der Waals surface area (Å²) in [4.78, 5) is 15.2. The minimum absolute atomic E-state index is 0.0288. The molecule has 4 rings (SSSR count). The zero-order valence-corrected chi connectivity index (χ0v) is 19.3. The third-order valence-corrected chi connectivity index (χ3v) is 5.88. The number of para-hydroxylation sites is 2. The number of fused-ring (bicyclic) bond motifs is 1. The maximum absolute atomic E-state index is 13.3. The van der Waals surface area contributed by atoms with Crippen molar-refractivity contribution < 1.29 is 19.0 Å². The molecule has 33 heavy (non-hydrogen) atoms. The van der Waals surface area contributed by atoms with Crippen LogP contribution in [0.2, 0.25) is 0 Å². The van der Waals surface area contributed by atoms with Crippen LogP contribution in [-0.4, -0.2) is 37.2 Å². The van der Waals surface area contributed by atoms with Gasteiger partial charge in [-0.1, -0.05) is 43.3 Å². The van der Waals surface area contributed by atoms with E-state index >= 15 is 0 Å². The van der Waals surface area contributed by atoms with Gasteiger partial charge in [0.05, 0.1) is 12.7 Å². The minimum Gasteiger partial charge on any atom is -0.493 e. The van der Waals surface area contributed by atoms with Gasteiger partial charge in [0.1, 0.15) is 25.1 Å². The lowest BCUT2D eigenvalue weighted by Gasteiger charge is -2.41. The standard InChI is InChI=1S/C27H30N2O4/c1-4-19(2)29-26(28-23-13-9-8-12-22(23)27(29)30)20-14-15-24(25(18-20)31-3)33-17-16-32-21-10-6-5-7-11-21/h5-15,18-19,26,28H,4,16-17H2,1-3H3. The Morgan fingerprint density at radius 2 is 1.67 bits per heavy atom. The third-order valence-electron chi connectivity index (χ3n) is 5.88. The van der Waals surface area contributed by atoms with Crippen molar-refractivity contribution >= 4 is 11.6 Å². The van der Waals surface area contributed by atoms with Gasteiger partial charge < -0.3 is 24.4 Å². The lowest BCUT2D eigenvalue weighted by molar-refractivity contribution is 0.0593. The summed E-state index contributed by atoms with van der Waals surface area (Å²) in [5.74, 6) is 2.09. The molecule has 3 aromatic carbocycles. The Hall–Kier alpha value is -3.67. The third kappa shape index (κ3) is 4.90. The van der Waals surface area contributed by atoms with E-state index in [0.717, 1.165) is 23.4 Å². The molecule has 0 radical (unpaired) electrons. The summed E-state index contributed by atoms with van der Waals surface area (Å²) < 4.78 is 17.2. The van der Waals surface area contributed by atoms with E-state index in [1.54, 1.807) is 7.11 Å². The van der Waals surface area contributed by atoms with Crippen molar-refractivity contribution in [1.82, 2.24) is 4.90 Å². The summed E-state index contributed by atoms with van der Waals surface area (Å²) in [5.41, 5.74) is 2.46. The number of nitrogens with zero attached hydrogens (tertiary/aromatic N) is 1. The van der Waals surface area contributed by atoms with Crippen molar-refractivity contribution in [2.75, 3.05) is 25.6 Å². The van der Waals surface area contributed by atoms with Crippen LogP contribution in [0.1, 0.15) is 42.4 Å². The molecule has 172 valence electrons. The highest BCUT2D eigenvalue weighted by Crippen LogP contribution is 2.38. The van der Waals surface area contributed by atoms with E-state index < -0.39 is 0 Å². The van der Waals surface area contributed by atoms with Crippen molar-refractivity contribution in [2.24, 2.45) is 0 Å². The lowest BCUT2D eigenvalue weighted by Crippen LogP contribution is -2.47. The monoisotopic (exact) mass is 446 g/mol. The van der Waals surface area contributed by atoms with Gasteiger partial charge in [-0.05, 0) is 55.3 Å². The molecule has 1 N–H and O–H groups in total. The Morgan fingerprint density at radius 3 is 2.42 bits per heavy atom. The van der Waals surface area contributed by atoms with Gasteiger partial charge in [0.15, 0.2) is 11.5 Å². The highest BCUT2D eigenvalue weighted by molar-refractivity contribution is 6.01. The van der Waals surface area contributed by atoms with Gasteiger partial charge in [-0.3, -0.25) is 4.79 Å². The average Bonchev–Trinajstić information content (AvgIpc) is 2.86. The summed E-state index contributed by atoms with van der Waals surface area (Å²) in [5, 5.41) is 3.54. The number of carbonyl (C=O) groups excluding carboxylic acids is 1. The van der Waals surface area contributed by atoms with E-state index in [0.29, 0.717) is 30.3 Å². The molecule has 0 saturated heterocycles. The molecule has 0 fully saturated rings. The Kier molecular flexibility index (Phi) is 7.03. The fourth-order valence-electron chi connectivity index (χ4n) is 3.97. The summed E-state index contributed by atoms with van der Waals surface area (Å²) in [6, 6.07) is 23.1. The van der Waals surface area contributed by atoms with Crippen molar-refractivity contribution in [3.63, 3.8) is 0 Å². The quantitative estimate of drug-likeness (QED) is 0.439. The molecule has 3 aromatic rings. The number of amides is 1. The maximum atomic E-state index is 13.3. The average molecular weight is 447 g/mol. The second kappa shape index (κ2) is 10.3. The number of methoxy groups -OCH3 is 1. The van der Waals surface area contributed by atoms with E-state index in [4.69, 9.17) is 14.2 Å². The van der Waals surface area contributed by atoms with Crippen LogP contribution in [0, 0.1) is 0 Å². The largest absolute Gasteiger partial charge is 0.493 e. The number of ether oxygens (including phenoxy) is 3. The minimum atomic E-state index is -0.299. The highest BCUT2D eigenvalue weighted by Gasteiger charge is 2.35. The Balaban J connectivity index is 1.52. The number of hydrogen-bond donors (Lipinski definition) is 1. The second-order valence-corrected chi connectivity index (χ2v) is 7.98. The molecule has 0 spiro atoms. The molecule has 6 heteroatoms. The summed E-state index contributed by atoms with van der Waals surface area (Å²) in [6.07, 6.45) is 0.554. The number of rotatable bonds is 9. The van der Waals surface area contributed by atoms with E-state index in [1.807, 2.05) is 77.7 Å². The number of carbonyl (C=O) groups is 1. The van der Waals surface area contributed by atoms with Crippen LogP contribution in [0.15, 0.2) is 72.8 Å². The predicted octanol–water partition coefficient (Wildman–Crippen LogP) is 5.52. The first-order chi connectivity index (χ1) is 16.1. The Bertz CT molecular complexity index is 1090. The molecular formula is C27H30N2O4. The van der Waals surface area contributed by atoms with Crippen LogP contribution in [0.3, 0.4) is 0 Å². The van der Waals surface area contributed by atoms with Gasteiger partial charge in [-0.2, -0.15) is 0 Å². The smallest absolute Gasteiger partial charge is 0.258 e. The number of benzene rings is 3. The first-order valence-corrected chi connectivity index (χ1v) is 11.3. The fourth-order valence-corrected chi connectivity index (χ4v) is 3.97. The summed E-state index contributed by atoms with van der Waals surface area (Å²) >= 11 is 0. The zero-order valence-electron chi connectivity index (χ0n) is 19.3. The molecule has 6 nitrogen and oxygen atoms in total. The van der Waals surface area contributed by atoms with Crippen molar-refractivity contribution in [3.05, 3.63) is 83.9 Å². The predicted molar refractivity (Wildman–Crippen MR) is 129 cm³/mol. The highest BCUT2D eigenvalue weighted by atomic mass is 16.5. The van der Waals surface area contributed by atoms with Crippen molar-refractivity contribution in [2.45, 2.75) is 32.5 Å². The molecule has 2 atom stereocenters. The molecule has 0 saturated carbocycles. The first kappa shape index (κ1) is 22.5. The molecule has 0 aliphatic carbocycles. The fraction of sp³-hybridized carbons (Fsp3) is 0.296. The van der Waals surface area contributed by atoms with Crippen LogP contribution >= 0.6 is 0 Å². The first-order valence-electron chi connectivity index (χ1n) is 11.3. The lowest BCUT2D eigenvalue weighted by atomic mass is 10.0. The van der Waals surface area contributed by atoms with Gasteiger partial charge in [0.25, 0.3) is 5.91 Å². The van der Waals surface area contributed by atoms with Crippen molar-refractivity contribution in [3.8, 4) is 17.2 Å². The number of nitrogens with one attached hydrogen (secondary N) is 1. The Morgan fingerprint density at radius 1 is 0.939 bits per heavy atom. The van der Waals surface area contributed by atoms with E-state index in [1.165, 1.54) is 0 Å². The normalized spacial score (nSPS) is 15.9. The molecule has 2 unspecified atom stereocenters. The maximum Gasteiger partial charge on any atom is 0.258 e. The van der Waals surface area contributed by atoms with Gasteiger partial charge in [0, 0.05) is 11.7 Å². The van der Waals surface area contributed by atoms with Crippen LogP contribution in [-0.2, 0) is 0 Å². The van der Waals surface area contributed by atoms with Crippen LogP contribution in [0.25, 0.3) is 0 Å². The van der Waals surface area contributed by atoms with E-state index in [2.05, 4.69) is 19.2 Å². The van der Waals surface area contributed by atoms with Crippen molar-refractivity contribution in [1.29, 1.82) is 0 Å². The second-order valence-electron chi connectivity index (χ2n) is 7.98. The Labute approximate surface area is 195 Å². The van der Waals surface area contributed by atoms with E-state index in [9.17, 15) is 4.79 Å². The molecule has 1 amide bonds. The topological polar surface area (TPSA) is 60.0 Å². The molecular weight excluding hydrogens is 416 g/mol. The van der Waals surface area contributed by atoms with Gasteiger partial charge in [-0.25, -0.2) is 0 Å². The summed E-state index contributed by atoms with van der Waals surface area (Å²) in [7, 11) is 1.62. The SMILES string of the molecule is CCC(C)N1C(=O)c2ccccc2NC1c1ccc(OCCOc2ccccc2)c(OC)c1. The van der Waals surface area contributed by atoms with Crippen LogP contribution in [0.5, 0.6) is 17.2 Å². The van der Waals surface area contributed by atoms with Gasteiger partial charge >= 0.3 is 0 Å². The molecule has 0 aromatic heterocycles. The molecule has 1 aliphatic rings. The van der Waals surface area contributed by atoms with Gasteiger partial charge in [-0.15, -0.1) is 0 Å². The molecule has 0 bridgehead atoms. The zero-order chi connectivity index (χ0) is 23.2. The summed E-state index contributed by atoms with van der Waals surface area (Å²) in [6.45, 7) is 4.97. The van der Waals surface area contributed by atoms with Crippen LogP contribution < -0.4 is 19.5 Å². The van der Waals surface area contributed by atoms with Crippen LogP contribution in [0.4, 0.5) is 5.69 Å². The number of anilines is 1. The molecule has 1 aliphatic heterocycles. The molecule has 1 heterocycles. The van der Waals surface area contributed by atoms with E-state index in [-0.39, 0.29) is 18.1 Å².